The molecule has 7 nitrogen and oxygen atoms in total. The third-order valence-corrected chi connectivity index (χ3v) is 2.92. The van der Waals surface area contributed by atoms with Crippen LogP contribution in [0.15, 0.2) is 0 Å². The van der Waals surface area contributed by atoms with Crippen LogP contribution in [0.25, 0.3) is 0 Å². The second-order valence-corrected chi connectivity index (χ2v) is 4.39. The van der Waals surface area contributed by atoms with Crippen molar-refractivity contribution in [2.24, 2.45) is 5.73 Å². The first-order valence-corrected chi connectivity index (χ1v) is 6.07. The number of rotatable bonds is 5. The molecule has 0 unspecified atom stereocenters. The number of carbonyl (C=O) groups is 3. The lowest BCUT2D eigenvalue weighted by Gasteiger charge is -2.28. The molecule has 7 heteroatoms. The zero-order chi connectivity index (χ0) is 13.5. The number of carbonyl (C=O) groups excluding carboxylic acids is 2. The number of nitrogens with one attached hydrogen (secondary N) is 1. The number of hydrogen-bond donors (Lipinski definition) is 3. The molecule has 0 aliphatic carbocycles. The summed E-state index contributed by atoms with van der Waals surface area (Å²) in [5.74, 6) is -1.73. The Morgan fingerprint density at radius 2 is 1.83 bits per heavy atom. The van der Waals surface area contributed by atoms with Crippen LogP contribution in [0.1, 0.15) is 32.1 Å². The van der Waals surface area contributed by atoms with Gasteiger partial charge in [-0.15, -0.1) is 0 Å². The fourth-order valence-corrected chi connectivity index (χ4v) is 1.88. The molecule has 18 heavy (non-hydrogen) atoms. The lowest BCUT2D eigenvalue weighted by molar-refractivity contribution is -0.139. The molecule has 1 heterocycles. The minimum atomic E-state index is -1.15. The molecular weight excluding hydrogens is 238 g/mol. The van der Waals surface area contributed by atoms with E-state index in [0.717, 1.165) is 19.3 Å². The highest BCUT2D eigenvalue weighted by Crippen LogP contribution is 2.09. The monoisotopic (exact) mass is 257 g/mol. The van der Waals surface area contributed by atoms with E-state index < -0.39 is 17.9 Å². The fourth-order valence-electron chi connectivity index (χ4n) is 1.88. The van der Waals surface area contributed by atoms with Crippen LogP contribution in [0.5, 0.6) is 0 Å². The lowest BCUT2D eigenvalue weighted by atomic mass is 10.1. The molecule has 1 saturated heterocycles. The zero-order valence-electron chi connectivity index (χ0n) is 10.2. The van der Waals surface area contributed by atoms with Crippen molar-refractivity contribution >= 4 is 17.9 Å². The molecule has 0 radical (unpaired) electrons. The van der Waals surface area contributed by atoms with Crippen LogP contribution in [0.3, 0.4) is 0 Å². The van der Waals surface area contributed by atoms with Crippen molar-refractivity contribution in [3.05, 3.63) is 0 Å². The molecule has 1 aliphatic heterocycles. The largest absolute Gasteiger partial charge is 0.480 e. The second-order valence-electron chi connectivity index (χ2n) is 4.39. The smallest absolute Gasteiger partial charge is 0.326 e. The number of aliphatic carboxylic acids is 1. The molecule has 0 aromatic carbocycles. The molecule has 1 fully saturated rings. The first-order valence-electron chi connectivity index (χ1n) is 6.07. The standard InChI is InChI=1S/C11H19N3O4/c12-9(15)5-4-8(10(16)17)13-11(18)14-6-2-1-3-7-14/h8H,1-7H2,(H2,12,15)(H,13,18)(H,16,17)/t8-/m0/s1. The molecule has 4 N–H and O–H groups in total. The number of nitrogens with zero attached hydrogens (tertiary/aromatic N) is 1. The van der Waals surface area contributed by atoms with Gasteiger partial charge in [-0.2, -0.15) is 0 Å². The number of carboxylic acids is 1. The van der Waals surface area contributed by atoms with Crippen LogP contribution in [0.4, 0.5) is 4.79 Å². The van der Waals surface area contributed by atoms with Gasteiger partial charge in [0.15, 0.2) is 0 Å². The van der Waals surface area contributed by atoms with Gasteiger partial charge >= 0.3 is 12.0 Å². The third kappa shape index (κ3) is 4.60. The van der Waals surface area contributed by atoms with E-state index in [0.29, 0.717) is 13.1 Å². The van der Waals surface area contributed by atoms with Gasteiger partial charge < -0.3 is 21.1 Å². The van der Waals surface area contributed by atoms with Crippen molar-refractivity contribution in [1.82, 2.24) is 10.2 Å². The predicted octanol–water partition coefficient (Wildman–Crippen LogP) is -0.0994. The Morgan fingerprint density at radius 1 is 1.22 bits per heavy atom. The highest BCUT2D eigenvalue weighted by Gasteiger charge is 2.24. The summed E-state index contributed by atoms with van der Waals surface area (Å²) in [6.45, 7) is 1.29. The van der Waals surface area contributed by atoms with Gasteiger partial charge in [0.1, 0.15) is 6.04 Å². The van der Waals surface area contributed by atoms with E-state index in [-0.39, 0.29) is 18.9 Å². The van der Waals surface area contributed by atoms with Gasteiger partial charge in [0.25, 0.3) is 0 Å². The van der Waals surface area contributed by atoms with Crippen LogP contribution in [-0.2, 0) is 9.59 Å². The van der Waals surface area contributed by atoms with Gasteiger partial charge in [0, 0.05) is 19.5 Å². The molecule has 1 rings (SSSR count). The first kappa shape index (κ1) is 14.3. The quantitative estimate of drug-likeness (QED) is 0.638. The summed E-state index contributed by atoms with van der Waals surface area (Å²) < 4.78 is 0. The topological polar surface area (TPSA) is 113 Å². The van der Waals surface area contributed by atoms with E-state index in [1.807, 2.05) is 0 Å². The van der Waals surface area contributed by atoms with Crippen LogP contribution in [-0.4, -0.2) is 47.0 Å². The molecule has 0 aromatic rings. The number of primary amides is 1. The van der Waals surface area contributed by atoms with Crippen LogP contribution in [0, 0.1) is 0 Å². The Kier molecular flexibility index (Phi) is 5.41. The molecule has 3 amide bonds. The Balaban J connectivity index is 2.46. The van der Waals surface area contributed by atoms with E-state index >= 15 is 0 Å². The average Bonchev–Trinajstić information content (AvgIpc) is 2.34. The summed E-state index contributed by atoms with van der Waals surface area (Å²) >= 11 is 0. The molecule has 1 aliphatic rings. The Hall–Kier alpha value is -1.79. The highest BCUT2D eigenvalue weighted by atomic mass is 16.4. The number of nitrogens with two attached hydrogens (primary N) is 1. The molecule has 0 bridgehead atoms. The predicted molar refractivity (Wildman–Crippen MR) is 63.8 cm³/mol. The Bertz CT molecular complexity index is 326. The van der Waals surface area contributed by atoms with Gasteiger partial charge in [-0.05, 0) is 25.7 Å². The minimum absolute atomic E-state index is 0.0181. The SMILES string of the molecule is NC(=O)CC[C@H](NC(=O)N1CCCCC1)C(=O)O. The molecule has 0 aromatic heterocycles. The molecule has 1 atom stereocenters. The molecule has 0 saturated carbocycles. The van der Waals surface area contributed by atoms with Crippen molar-refractivity contribution in [3.8, 4) is 0 Å². The Labute approximate surface area is 105 Å². The molecule has 102 valence electrons. The Morgan fingerprint density at radius 3 is 2.33 bits per heavy atom. The van der Waals surface area contributed by atoms with Crippen LogP contribution in [0.2, 0.25) is 0 Å². The lowest BCUT2D eigenvalue weighted by Crippen LogP contribution is -2.49. The van der Waals surface area contributed by atoms with Crippen molar-refractivity contribution in [1.29, 1.82) is 0 Å². The van der Waals surface area contributed by atoms with E-state index in [4.69, 9.17) is 10.8 Å². The first-order chi connectivity index (χ1) is 8.50. The summed E-state index contributed by atoms with van der Waals surface area (Å²) in [7, 11) is 0. The van der Waals surface area contributed by atoms with E-state index in [1.165, 1.54) is 0 Å². The third-order valence-electron chi connectivity index (χ3n) is 2.92. The normalized spacial score (nSPS) is 17.0. The van der Waals surface area contributed by atoms with Crippen molar-refractivity contribution in [3.63, 3.8) is 0 Å². The van der Waals surface area contributed by atoms with Crippen LogP contribution >= 0.6 is 0 Å². The van der Waals surface area contributed by atoms with Gasteiger partial charge in [-0.1, -0.05) is 0 Å². The minimum Gasteiger partial charge on any atom is -0.480 e. The molecule has 0 spiro atoms. The number of hydrogen-bond acceptors (Lipinski definition) is 3. The summed E-state index contributed by atoms with van der Waals surface area (Å²) in [4.78, 5) is 35.0. The fraction of sp³-hybridized carbons (Fsp3) is 0.727. The zero-order valence-corrected chi connectivity index (χ0v) is 10.2. The number of amides is 3. The van der Waals surface area contributed by atoms with Crippen molar-refractivity contribution in [2.75, 3.05) is 13.1 Å². The van der Waals surface area contributed by atoms with Crippen molar-refractivity contribution < 1.29 is 19.5 Å². The van der Waals surface area contributed by atoms with Crippen LogP contribution < -0.4 is 11.1 Å². The number of carboxylic acid groups (broad SMARTS) is 1. The maximum absolute atomic E-state index is 11.8. The maximum atomic E-state index is 11.8. The summed E-state index contributed by atoms with van der Waals surface area (Å²) in [6, 6.07) is -1.45. The summed E-state index contributed by atoms with van der Waals surface area (Å²) in [5, 5.41) is 11.4. The second kappa shape index (κ2) is 6.83. The number of urea groups is 1. The van der Waals surface area contributed by atoms with E-state index in [1.54, 1.807) is 4.90 Å². The maximum Gasteiger partial charge on any atom is 0.326 e. The molecular formula is C11H19N3O4. The van der Waals surface area contributed by atoms with Gasteiger partial charge in [0.05, 0.1) is 0 Å². The number of likely N-dealkylation sites (tertiary alicyclic amines) is 1. The van der Waals surface area contributed by atoms with E-state index in [2.05, 4.69) is 5.32 Å². The van der Waals surface area contributed by atoms with Gasteiger partial charge in [0.2, 0.25) is 5.91 Å². The van der Waals surface area contributed by atoms with Gasteiger partial charge in [-0.25, -0.2) is 9.59 Å². The highest BCUT2D eigenvalue weighted by molar-refractivity contribution is 5.83. The van der Waals surface area contributed by atoms with Gasteiger partial charge in [-0.3, -0.25) is 4.79 Å². The average molecular weight is 257 g/mol. The number of piperidine rings is 1. The van der Waals surface area contributed by atoms with Crippen molar-refractivity contribution in [2.45, 2.75) is 38.1 Å². The summed E-state index contributed by atoms with van der Waals surface area (Å²) in [5.41, 5.74) is 4.96. The van der Waals surface area contributed by atoms with E-state index in [9.17, 15) is 14.4 Å². The summed E-state index contributed by atoms with van der Waals surface area (Å²) in [6.07, 6.45) is 2.92.